The van der Waals surface area contributed by atoms with E-state index in [4.69, 9.17) is 9.84 Å². The summed E-state index contributed by atoms with van der Waals surface area (Å²) in [6.07, 6.45) is 12.5. The number of carbonyl (C=O) groups excluding carboxylic acids is 1. The third kappa shape index (κ3) is 3.53. The Morgan fingerprint density at radius 3 is 2.52 bits per heavy atom. The number of carboxylic acid groups (broad SMARTS) is 1. The molecule has 0 aromatic carbocycles. The molecule has 4 aliphatic carbocycles. The zero-order valence-electron chi connectivity index (χ0n) is 18.6. The largest absolute Gasteiger partial charge is 0.481 e. The zero-order chi connectivity index (χ0) is 20.8. The molecule has 0 aromatic heterocycles. The van der Waals surface area contributed by atoms with Crippen LogP contribution in [0.1, 0.15) is 91.4 Å². The molecular formula is C25H40O4. The molecule has 4 rings (SSSR count). The van der Waals surface area contributed by atoms with E-state index in [1.807, 2.05) is 0 Å². The SMILES string of the molecule is C[C@H](CCC(=O)O)[C@@H]1CC[C@@H]2[C@H]3CC[C@H]4C[C@@H](OC=O)CC[C@]4(C)[C@@H]3CC[C@]21C. The number of aliphatic carboxylic acids is 1. The van der Waals surface area contributed by atoms with Gasteiger partial charge in [0.05, 0.1) is 0 Å². The molecule has 0 saturated heterocycles. The van der Waals surface area contributed by atoms with Crippen LogP contribution in [0.2, 0.25) is 0 Å². The van der Waals surface area contributed by atoms with E-state index >= 15 is 0 Å². The van der Waals surface area contributed by atoms with E-state index in [1.165, 1.54) is 44.9 Å². The van der Waals surface area contributed by atoms with Crippen LogP contribution in [-0.4, -0.2) is 23.7 Å². The number of rotatable bonds is 6. The summed E-state index contributed by atoms with van der Waals surface area (Å²) in [5.74, 6) is 3.75. The highest BCUT2D eigenvalue weighted by molar-refractivity contribution is 5.66. The van der Waals surface area contributed by atoms with E-state index in [1.54, 1.807) is 0 Å². The zero-order valence-corrected chi connectivity index (χ0v) is 18.6. The monoisotopic (exact) mass is 404 g/mol. The average molecular weight is 405 g/mol. The predicted molar refractivity (Wildman–Crippen MR) is 112 cm³/mol. The lowest BCUT2D eigenvalue weighted by Gasteiger charge is -2.61. The summed E-state index contributed by atoms with van der Waals surface area (Å²) in [6.45, 7) is 8.05. The molecular weight excluding hydrogens is 364 g/mol. The Labute approximate surface area is 176 Å². The summed E-state index contributed by atoms with van der Waals surface area (Å²) in [5.41, 5.74) is 0.820. The van der Waals surface area contributed by atoms with Gasteiger partial charge in [0.1, 0.15) is 6.10 Å². The van der Waals surface area contributed by atoms with Crippen LogP contribution in [-0.2, 0) is 14.3 Å². The second-order valence-corrected chi connectivity index (χ2v) is 11.4. The van der Waals surface area contributed by atoms with Crippen molar-refractivity contribution in [2.75, 3.05) is 0 Å². The number of carboxylic acids is 1. The highest BCUT2D eigenvalue weighted by Gasteiger charge is 2.60. The highest BCUT2D eigenvalue weighted by atomic mass is 16.5. The van der Waals surface area contributed by atoms with E-state index in [0.717, 1.165) is 37.0 Å². The summed E-state index contributed by atoms with van der Waals surface area (Å²) in [5, 5.41) is 9.12. The van der Waals surface area contributed by atoms with Crippen LogP contribution in [0.4, 0.5) is 0 Å². The Hall–Kier alpha value is -1.06. The van der Waals surface area contributed by atoms with Crippen molar-refractivity contribution in [2.45, 2.75) is 97.5 Å². The second-order valence-electron chi connectivity index (χ2n) is 11.4. The molecule has 4 nitrogen and oxygen atoms in total. The average Bonchev–Trinajstić information content (AvgIpc) is 3.04. The molecule has 4 heteroatoms. The first-order valence-corrected chi connectivity index (χ1v) is 12.1. The second kappa shape index (κ2) is 7.89. The summed E-state index contributed by atoms with van der Waals surface area (Å²) in [7, 11) is 0. The van der Waals surface area contributed by atoms with Gasteiger partial charge in [-0.15, -0.1) is 0 Å². The van der Waals surface area contributed by atoms with Gasteiger partial charge in [-0.1, -0.05) is 20.8 Å². The molecule has 0 aliphatic heterocycles. The molecule has 4 fully saturated rings. The summed E-state index contributed by atoms with van der Waals surface area (Å²) < 4.78 is 5.36. The minimum absolute atomic E-state index is 0.141. The fourth-order valence-corrected chi connectivity index (χ4v) is 8.95. The minimum atomic E-state index is -0.652. The van der Waals surface area contributed by atoms with Crippen LogP contribution in [0, 0.1) is 46.3 Å². The normalized spacial score (nSPS) is 47.4. The molecule has 164 valence electrons. The quantitative estimate of drug-likeness (QED) is 0.578. The van der Waals surface area contributed by atoms with E-state index < -0.39 is 5.97 Å². The van der Waals surface area contributed by atoms with Gasteiger partial charge in [-0.25, -0.2) is 0 Å². The first kappa shape index (κ1) is 21.2. The first-order valence-electron chi connectivity index (χ1n) is 12.1. The van der Waals surface area contributed by atoms with Gasteiger partial charge in [-0.3, -0.25) is 9.59 Å². The Balaban J connectivity index is 1.48. The van der Waals surface area contributed by atoms with Crippen molar-refractivity contribution in [3.8, 4) is 0 Å². The maximum atomic E-state index is 11.1. The number of fused-ring (bicyclic) bond motifs is 5. The number of hydrogen-bond acceptors (Lipinski definition) is 3. The Bertz CT molecular complexity index is 632. The van der Waals surface area contributed by atoms with Crippen molar-refractivity contribution < 1.29 is 19.4 Å². The van der Waals surface area contributed by atoms with Crippen LogP contribution >= 0.6 is 0 Å². The molecule has 0 aromatic rings. The molecule has 4 aliphatic rings. The van der Waals surface area contributed by atoms with Crippen LogP contribution in [0.15, 0.2) is 0 Å². The van der Waals surface area contributed by atoms with Crippen molar-refractivity contribution in [3.05, 3.63) is 0 Å². The van der Waals surface area contributed by atoms with Crippen LogP contribution in [0.25, 0.3) is 0 Å². The van der Waals surface area contributed by atoms with Gasteiger partial charge in [0.25, 0.3) is 6.47 Å². The minimum Gasteiger partial charge on any atom is -0.481 e. The molecule has 0 spiro atoms. The summed E-state index contributed by atoms with van der Waals surface area (Å²) in [4.78, 5) is 21.9. The maximum Gasteiger partial charge on any atom is 0.303 e. The summed E-state index contributed by atoms with van der Waals surface area (Å²) >= 11 is 0. The lowest BCUT2D eigenvalue weighted by atomic mass is 9.44. The van der Waals surface area contributed by atoms with Crippen molar-refractivity contribution in [2.24, 2.45) is 46.3 Å². The van der Waals surface area contributed by atoms with Gasteiger partial charge in [0.15, 0.2) is 0 Å². The van der Waals surface area contributed by atoms with Crippen LogP contribution < -0.4 is 0 Å². The van der Waals surface area contributed by atoms with E-state index in [-0.39, 0.29) is 6.10 Å². The summed E-state index contributed by atoms with van der Waals surface area (Å²) in [6, 6.07) is 0. The molecule has 0 unspecified atom stereocenters. The smallest absolute Gasteiger partial charge is 0.303 e. The van der Waals surface area contributed by atoms with Gasteiger partial charge in [-0.2, -0.15) is 0 Å². The van der Waals surface area contributed by atoms with Gasteiger partial charge in [0, 0.05) is 6.42 Å². The Morgan fingerprint density at radius 1 is 1.07 bits per heavy atom. The van der Waals surface area contributed by atoms with Gasteiger partial charge >= 0.3 is 5.97 Å². The van der Waals surface area contributed by atoms with Crippen molar-refractivity contribution in [1.29, 1.82) is 0 Å². The van der Waals surface area contributed by atoms with Crippen LogP contribution in [0.3, 0.4) is 0 Å². The first-order chi connectivity index (χ1) is 13.8. The van der Waals surface area contributed by atoms with Crippen LogP contribution in [0.5, 0.6) is 0 Å². The molecule has 4 saturated carbocycles. The molecule has 0 bridgehead atoms. The lowest BCUT2D eigenvalue weighted by Crippen LogP contribution is -2.54. The van der Waals surface area contributed by atoms with Crippen molar-refractivity contribution in [3.63, 3.8) is 0 Å². The standard InChI is InChI=1S/C25H40O4/c1-16(4-9-23(27)28)20-7-8-21-19-6-5-17-14-18(29-15-26)10-12-24(17,2)22(19)11-13-25(20,21)3/h15-22H,4-14H2,1-3H3,(H,27,28)/t16-,17+,18+,19-,20+,21-,22-,24+,25+/m1/s1. The van der Waals surface area contributed by atoms with E-state index in [0.29, 0.717) is 41.5 Å². The molecule has 29 heavy (non-hydrogen) atoms. The Morgan fingerprint density at radius 2 is 1.79 bits per heavy atom. The van der Waals surface area contributed by atoms with Gasteiger partial charge in [0.2, 0.25) is 0 Å². The third-order valence-corrected chi connectivity index (χ3v) is 10.4. The van der Waals surface area contributed by atoms with Crippen molar-refractivity contribution in [1.82, 2.24) is 0 Å². The molecule has 0 radical (unpaired) electrons. The topological polar surface area (TPSA) is 63.6 Å². The molecule has 0 amide bonds. The van der Waals surface area contributed by atoms with E-state index in [9.17, 15) is 9.59 Å². The Kier molecular flexibility index (Phi) is 5.76. The number of ether oxygens (including phenoxy) is 1. The fourth-order valence-electron chi connectivity index (χ4n) is 8.95. The maximum absolute atomic E-state index is 11.1. The lowest BCUT2D eigenvalue weighted by molar-refractivity contribution is -0.151. The molecule has 0 heterocycles. The third-order valence-electron chi connectivity index (χ3n) is 10.4. The highest BCUT2D eigenvalue weighted by Crippen LogP contribution is 2.68. The van der Waals surface area contributed by atoms with Gasteiger partial charge < -0.3 is 9.84 Å². The number of hydrogen-bond donors (Lipinski definition) is 1. The predicted octanol–water partition coefficient (Wildman–Crippen LogP) is 5.69. The fraction of sp³-hybridized carbons (Fsp3) is 0.920. The van der Waals surface area contributed by atoms with Crippen molar-refractivity contribution >= 4 is 12.4 Å². The van der Waals surface area contributed by atoms with Gasteiger partial charge in [-0.05, 0) is 111 Å². The number of carbonyl (C=O) groups is 2. The molecule has 1 N–H and O–H groups in total. The van der Waals surface area contributed by atoms with E-state index in [2.05, 4.69) is 20.8 Å². The molecule has 9 atom stereocenters.